The quantitative estimate of drug-likeness (QED) is 0.134. The summed E-state index contributed by atoms with van der Waals surface area (Å²) in [7, 11) is 0. The van der Waals surface area contributed by atoms with Crippen molar-refractivity contribution in [2.45, 2.75) is 27.7 Å². The smallest absolute Gasteiger partial charge is 0.00139 e. The van der Waals surface area contributed by atoms with Gasteiger partial charge in [0, 0.05) is 0 Å². The zero-order chi connectivity index (χ0) is 45.9. The van der Waals surface area contributed by atoms with E-state index in [0.717, 1.165) is 0 Å². The van der Waals surface area contributed by atoms with Crippen LogP contribution in [0.3, 0.4) is 0 Å². The van der Waals surface area contributed by atoms with Gasteiger partial charge in [0.25, 0.3) is 0 Å². The summed E-state index contributed by atoms with van der Waals surface area (Å²) in [6, 6.07) is 86.6. The van der Waals surface area contributed by atoms with Crippen LogP contribution in [0.25, 0.3) is 121 Å². The molecule has 0 bridgehead atoms. The van der Waals surface area contributed by atoms with E-state index in [9.17, 15) is 0 Å². The van der Waals surface area contributed by atoms with Gasteiger partial charge >= 0.3 is 0 Å². The van der Waals surface area contributed by atoms with Crippen molar-refractivity contribution < 1.29 is 0 Å². The van der Waals surface area contributed by atoms with Crippen molar-refractivity contribution in [3.05, 3.63) is 253 Å². The van der Waals surface area contributed by atoms with Gasteiger partial charge in [0.05, 0.1) is 0 Å². The van der Waals surface area contributed by atoms with Gasteiger partial charge in [-0.3, -0.25) is 0 Å². The van der Waals surface area contributed by atoms with Gasteiger partial charge in [-0.1, -0.05) is 241 Å². The molecule has 0 aliphatic carbocycles. The molecular weight excluding hydrogens is 817 g/mol. The molecule has 0 heteroatoms. The number of aryl methyl sites for hydroxylation is 4. The second kappa shape index (κ2) is 16.8. The second-order valence-corrected chi connectivity index (χ2v) is 18.7. The lowest BCUT2D eigenvalue weighted by Gasteiger charge is -2.24. The Morgan fingerprint density at radius 1 is 0.176 bits per heavy atom. The summed E-state index contributed by atoms with van der Waals surface area (Å²) >= 11 is 0. The monoisotopic (exact) mass is 866 g/mol. The number of rotatable bonds is 8. The lowest BCUT2D eigenvalue weighted by molar-refractivity contribution is 1.47. The van der Waals surface area contributed by atoms with E-state index in [1.807, 2.05) is 0 Å². The average molecular weight is 867 g/mol. The van der Waals surface area contributed by atoms with Gasteiger partial charge in [0.2, 0.25) is 0 Å². The van der Waals surface area contributed by atoms with Gasteiger partial charge in [-0.25, -0.2) is 0 Å². The maximum atomic E-state index is 2.49. The molecule has 68 heavy (non-hydrogen) atoms. The molecule has 12 aromatic carbocycles. The van der Waals surface area contributed by atoms with E-state index < -0.39 is 0 Å². The topological polar surface area (TPSA) is 0 Å². The van der Waals surface area contributed by atoms with E-state index in [0.29, 0.717) is 0 Å². The van der Waals surface area contributed by atoms with Crippen LogP contribution in [-0.2, 0) is 0 Å². The van der Waals surface area contributed by atoms with Crippen LogP contribution in [0.4, 0.5) is 0 Å². The minimum atomic E-state index is 1.21. The van der Waals surface area contributed by atoms with Crippen molar-refractivity contribution in [1.82, 2.24) is 0 Å². The minimum Gasteiger partial charge on any atom is -0.0616 e. The van der Waals surface area contributed by atoms with E-state index in [1.165, 1.54) is 144 Å². The molecular formula is C68H50. The van der Waals surface area contributed by atoms with E-state index in [4.69, 9.17) is 0 Å². The molecule has 0 spiro atoms. The molecule has 0 saturated heterocycles. The van der Waals surface area contributed by atoms with Crippen molar-refractivity contribution in [1.29, 1.82) is 0 Å². The lowest BCUT2D eigenvalue weighted by atomic mass is 9.79. The van der Waals surface area contributed by atoms with E-state index >= 15 is 0 Å². The summed E-state index contributed by atoms with van der Waals surface area (Å²) in [6.45, 7) is 8.65. The average Bonchev–Trinajstić information content (AvgIpc) is 3.39. The van der Waals surface area contributed by atoms with Crippen molar-refractivity contribution in [2.75, 3.05) is 0 Å². The largest absolute Gasteiger partial charge is 0.0616 e. The Hall–Kier alpha value is -8.32. The molecule has 0 saturated carbocycles. The third-order valence-electron chi connectivity index (χ3n) is 14.2. The first-order valence-corrected chi connectivity index (χ1v) is 23.8. The van der Waals surface area contributed by atoms with Crippen molar-refractivity contribution in [3.63, 3.8) is 0 Å². The molecule has 0 atom stereocenters. The summed E-state index contributed by atoms with van der Waals surface area (Å²) in [4.78, 5) is 0. The highest BCUT2D eigenvalue weighted by Gasteiger charge is 2.24. The first kappa shape index (κ1) is 41.1. The first-order chi connectivity index (χ1) is 33.4. The maximum Gasteiger partial charge on any atom is -0.00139 e. The molecule has 0 aromatic heterocycles. The van der Waals surface area contributed by atoms with Crippen LogP contribution in [0.5, 0.6) is 0 Å². The van der Waals surface area contributed by atoms with Crippen LogP contribution in [0.15, 0.2) is 231 Å². The molecule has 0 N–H and O–H groups in total. The molecule has 0 fully saturated rings. The van der Waals surface area contributed by atoms with Crippen LogP contribution in [0.2, 0.25) is 0 Å². The zero-order valence-electron chi connectivity index (χ0n) is 38.9. The highest BCUT2D eigenvalue weighted by molar-refractivity contribution is 6.32. The van der Waals surface area contributed by atoms with Crippen molar-refractivity contribution in [3.8, 4) is 89.0 Å². The van der Waals surface area contributed by atoms with E-state index in [1.54, 1.807) is 0 Å². The summed E-state index contributed by atoms with van der Waals surface area (Å²) in [5, 5.41) is 7.56. The van der Waals surface area contributed by atoms with E-state index in [-0.39, 0.29) is 0 Å². The van der Waals surface area contributed by atoms with Gasteiger partial charge in [-0.2, -0.15) is 0 Å². The van der Waals surface area contributed by atoms with Crippen LogP contribution >= 0.6 is 0 Å². The summed E-state index contributed by atoms with van der Waals surface area (Å²) in [6.07, 6.45) is 0. The van der Waals surface area contributed by atoms with Gasteiger partial charge in [0.1, 0.15) is 0 Å². The molecule has 12 aromatic rings. The SMILES string of the molecule is Cc1ccc(-c2ccccc2-c2cc(-c3ccccc3-c3ccc(C)cc3)c3ccc4c(-c5ccccc5-c5ccc(C)cc5)cc(-c5ccccc5-c5ccc(C)cc5)c5ccc2c3c54)cc1. The Bertz CT molecular complexity index is 3330. The zero-order valence-corrected chi connectivity index (χ0v) is 38.9. The first-order valence-electron chi connectivity index (χ1n) is 23.8. The molecule has 0 aliphatic rings. The van der Waals surface area contributed by atoms with Gasteiger partial charge in [-0.15, -0.1) is 0 Å². The van der Waals surface area contributed by atoms with Crippen LogP contribution in [0.1, 0.15) is 22.3 Å². The molecule has 0 aliphatic heterocycles. The molecule has 0 amide bonds. The highest BCUT2D eigenvalue weighted by Crippen LogP contribution is 2.52. The van der Waals surface area contributed by atoms with Gasteiger partial charge in [0.15, 0.2) is 0 Å². The molecule has 0 radical (unpaired) electrons. The highest BCUT2D eigenvalue weighted by atomic mass is 14.3. The molecule has 0 heterocycles. The Morgan fingerprint density at radius 3 is 0.574 bits per heavy atom. The number of hydrogen-bond acceptors (Lipinski definition) is 0. The van der Waals surface area contributed by atoms with Crippen LogP contribution < -0.4 is 0 Å². The number of hydrogen-bond donors (Lipinski definition) is 0. The maximum absolute atomic E-state index is 2.49. The Balaban J connectivity index is 1.25. The minimum absolute atomic E-state index is 1.21. The van der Waals surface area contributed by atoms with Gasteiger partial charge in [-0.05, 0) is 161 Å². The van der Waals surface area contributed by atoms with Crippen molar-refractivity contribution in [2.24, 2.45) is 0 Å². The summed E-state index contributed by atoms with van der Waals surface area (Å²) in [5.74, 6) is 0. The Labute approximate surface area is 399 Å². The fourth-order valence-corrected chi connectivity index (χ4v) is 10.7. The standard InChI is InChI=1S/C68H50/c1-43-21-29-47(30-22-43)51-13-5-9-17-55(51)63-41-64(56-18-10-6-14-52(56)48-31-23-44(2)24-32-48)60-39-40-62-66(58-20-12-8-16-54(58)50-35-27-46(4)28-36-50)42-65(61-38-37-59(63)67(60)68(61)62)57-19-11-7-15-53(57)49-33-25-45(3)26-34-49/h5-42H,1-4H3. The normalized spacial score (nSPS) is 11.5. The molecule has 0 nitrogen and oxygen atoms in total. The predicted molar refractivity (Wildman–Crippen MR) is 293 cm³/mol. The summed E-state index contributed by atoms with van der Waals surface area (Å²) in [5.41, 5.74) is 24.5. The third kappa shape index (κ3) is 7.09. The molecule has 12 rings (SSSR count). The summed E-state index contributed by atoms with van der Waals surface area (Å²) < 4.78 is 0. The molecule has 322 valence electrons. The lowest BCUT2D eigenvalue weighted by Crippen LogP contribution is -1.97. The predicted octanol–water partition coefficient (Wildman–Crippen LogP) is 19.2. The number of benzene rings is 12. The fourth-order valence-electron chi connectivity index (χ4n) is 10.7. The third-order valence-corrected chi connectivity index (χ3v) is 14.2. The fraction of sp³-hybridized carbons (Fsp3) is 0.0588. The van der Waals surface area contributed by atoms with Crippen molar-refractivity contribution >= 4 is 32.3 Å². The van der Waals surface area contributed by atoms with Gasteiger partial charge < -0.3 is 0 Å². The Morgan fingerprint density at radius 2 is 0.368 bits per heavy atom. The van der Waals surface area contributed by atoms with Crippen LogP contribution in [-0.4, -0.2) is 0 Å². The second-order valence-electron chi connectivity index (χ2n) is 18.7. The molecule has 0 unspecified atom stereocenters. The van der Waals surface area contributed by atoms with E-state index in [2.05, 4.69) is 258 Å². The Kier molecular flexibility index (Phi) is 10.2. The van der Waals surface area contributed by atoms with Crippen LogP contribution in [0, 0.1) is 27.7 Å².